The van der Waals surface area contributed by atoms with Crippen LogP contribution in [0.15, 0.2) is 48.5 Å². The van der Waals surface area contributed by atoms with E-state index in [0.29, 0.717) is 6.42 Å². The van der Waals surface area contributed by atoms with E-state index in [9.17, 15) is 4.79 Å². The minimum atomic E-state index is -0.0513. The first-order valence-corrected chi connectivity index (χ1v) is 10.2. The molecule has 1 amide bonds. The highest BCUT2D eigenvalue weighted by Crippen LogP contribution is 2.23. The van der Waals surface area contributed by atoms with Gasteiger partial charge in [0.25, 0.3) is 0 Å². The zero-order chi connectivity index (χ0) is 21.3. The molecule has 0 saturated carbocycles. The summed E-state index contributed by atoms with van der Waals surface area (Å²) in [5, 5.41) is 10.7. The fourth-order valence-corrected chi connectivity index (χ4v) is 3.35. The fourth-order valence-electron chi connectivity index (χ4n) is 3.35. The molecule has 1 aromatic heterocycles. The van der Waals surface area contributed by atoms with E-state index in [2.05, 4.69) is 34.6 Å². The van der Waals surface area contributed by atoms with Crippen LogP contribution in [0.3, 0.4) is 0 Å². The number of methoxy groups -OCH3 is 2. The minimum Gasteiger partial charge on any atom is -0.497 e. The SMILES string of the molecule is CCCc1[nH]nc(CCc2ccc(OC)cc2)c1NC(=O)Cc1ccc(OC)cc1. The molecule has 0 saturated heterocycles. The van der Waals surface area contributed by atoms with Gasteiger partial charge in [0.2, 0.25) is 5.91 Å². The monoisotopic (exact) mass is 407 g/mol. The number of nitrogens with one attached hydrogen (secondary N) is 2. The predicted octanol–water partition coefficient (Wildman–Crippen LogP) is 4.35. The predicted molar refractivity (Wildman–Crippen MR) is 118 cm³/mol. The van der Waals surface area contributed by atoms with Gasteiger partial charge in [0.1, 0.15) is 11.5 Å². The van der Waals surface area contributed by atoms with Gasteiger partial charge in [0.15, 0.2) is 0 Å². The number of carbonyl (C=O) groups is 1. The van der Waals surface area contributed by atoms with Crippen LogP contribution in [0.25, 0.3) is 0 Å². The van der Waals surface area contributed by atoms with Crippen molar-refractivity contribution in [2.24, 2.45) is 0 Å². The van der Waals surface area contributed by atoms with Gasteiger partial charge < -0.3 is 14.8 Å². The number of hydrogen-bond donors (Lipinski definition) is 2. The molecule has 158 valence electrons. The summed E-state index contributed by atoms with van der Waals surface area (Å²) >= 11 is 0. The highest BCUT2D eigenvalue weighted by molar-refractivity contribution is 5.93. The molecule has 0 aliphatic carbocycles. The van der Waals surface area contributed by atoms with Gasteiger partial charge in [-0.05, 0) is 54.7 Å². The number of nitrogens with zero attached hydrogens (tertiary/aromatic N) is 1. The molecule has 6 nitrogen and oxygen atoms in total. The normalized spacial score (nSPS) is 10.6. The average Bonchev–Trinajstić information content (AvgIpc) is 3.14. The number of anilines is 1. The Balaban J connectivity index is 1.68. The van der Waals surface area contributed by atoms with E-state index in [1.165, 1.54) is 5.56 Å². The van der Waals surface area contributed by atoms with Crippen molar-refractivity contribution >= 4 is 11.6 Å². The Morgan fingerprint density at radius 2 is 1.50 bits per heavy atom. The van der Waals surface area contributed by atoms with Gasteiger partial charge in [-0.25, -0.2) is 0 Å². The number of carbonyl (C=O) groups excluding carboxylic acids is 1. The van der Waals surface area contributed by atoms with Crippen molar-refractivity contribution in [1.82, 2.24) is 10.2 Å². The van der Waals surface area contributed by atoms with Gasteiger partial charge in [-0.3, -0.25) is 9.89 Å². The smallest absolute Gasteiger partial charge is 0.228 e. The van der Waals surface area contributed by atoms with Crippen LogP contribution in [-0.2, 0) is 30.5 Å². The van der Waals surface area contributed by atoms with E-state index in [1.54, 1.807) is 14.2 Å². The fraction of sp³-hybridized carbons (Fsp3) is 0.333. The third kappa shape index (κ3) is 5.63. The standard InChI is InChI=1S/C24H29N3O3/c1-4-5-21-24(25-23(28)16-18-8-13-20(30-3)14-9-18)22(27-26-21)15-10-17-6-11-19(29-2)12-7-17/h6-9,11-14H,4-5,10,15-16H2,1-3H3,(H,25,28)(H,26,27). The number of aromatic nitrogens is 2. The number of hydrogen-bond acceptors (Lipinski definition) is 4. The van der Waals surface area contributed by atoms with E-state index >= 15 is 0 Å². The van der Waals surface area contributed by atoms with Crippen molar-refractivity contribution in [3.63, 3.8) is 0 Å². The molecule has 0 bridgehead atoms. The molecule has 30 heavy (non-hydrogen) atoms. The highest BCUT2D eigenvalue weighted by atomic mass is 16.5. The largest absolute Gasteiger partial charge is 0.497 e. The van der Waals surface area contributed by atoms with Gasteiger partial charge in [-0.15, -0.1) is 0 Å². The third-order valence-electron chi connectivity index (χ3n) is 5.01. The first-order valence-electron chi connectivity index (χ1n) is 10.2. The quantitative estimate of drug-likeness (QED) is 0.524. The van der Waals surface area contributed by atoms with Crippen LogP contribution in [0.4, 0.5) is 5.69 Å². The van der Waals surface area contributed by atoms with E-state index < -0.39 is 0 Å². The van der Waals surface area contributed by atoms with Crippen molar-refractivity contribution in [2.75, 3.05) is 19.5 Å². The van der Waals surface area contributed by atoms with Crippen molar-refractivity contribution in [3.8, 4) is 11.5 Å². The second-order valence-corrected chi connectivity index (χ2v) is 7.19. The number of ether oxygens (including phenoxy) is 2. The van der Waals surface area contributed by atoms with Gasteiger partial charge >= 0.3 is 0 Å². The van der Waals surface area contributed by atoms with Crippen LogP contribution in [0.5, 0.6) is 11.5 Å². The maximum atomic E-state index is 12.7. The molecule has 1 heterocycles. The Morgan fingerprint density at radius 3 is 2.07 bits per heavy atom. The maximum Gasteiger partial charge on any atom is 0.228 e. The zero-order valence-electron chi connectivity index (χ0n) is 17.8. The molecule has 0 spiro atoms. The topological polar surface area (TPSA) is 76.2 Å². The van der Waals surface area contributed by atoms with Crippen LogP contribution < -0.4 is 14.8 Å². The second-order valence-electron chi connectivity index (χ2n) is 7.19. The summed E-state index contributed by atoms with van der Waals surface area (Å²) in [6, 6.07) is 15.6. The molecule has 2 aromatic carbocycles. The Labute approximate surface area is 177 Å². The molecule has 0 atom stereocenters. The maximum absolute atomic E-state index is 12.7. The summed E-state index contributed by atoms with van der Waals surface area (Å²) in [5.41, 5.74) is 4.83. The second kappa shape index (κ2) is 10.5. The number of benzene rings is 2. The molecule has 0 aliphatic rings. The van der Waals surface area contributed by atoms with Crippen molar-refractivity contribution in [2.45, 2.75) is 39.0 Å². The molecule has 3 rings (SSSR count). The van der Waals surface area contributed by atoms with Crippen molar-refractivity contribution in [1.29, 1.82) is 0 Å². The first-order chi connectivity index (χ1) is 14.6. The number of rotatable bonds is 10. The van der Waals surface area contributed by atoms with E-state index in [0.717, 1.165) is 59.8 Å². The van der Waals surface area contributed by atoms with Crippen LogP contribution in [0, 0.1) is 0 Å². The molecule has 6 heteroatoms. The molecule has 0 radical (unpaired) electrons. The van der Waals surface area contributed by atoms with Gasteiger partial charge in [-0.1, -0.05) is 37.6 Å². The zero-order valence-corrected chi connectivity index (χ0v) is 17.8. The lowest BCUT2D eigenvalue weighted by molar-refractivity contribution is -0.115. The lowest BCUT2D eigenvalue weighted by Crippen LogP contribution is -2.16. The number of amides is 1. The average molecular weight is 408 g/mol. The summed E-state index contributed by atoms with van der Waals surface area (Å²) in [6.07, 6.45) is 3.69. The molecular formula is C24H29N3O3. The summed E-state index contributed by atoms with van der Waals surface area (Å²) in [5.74, 6) is 1.57. The lowest BCUT2D eigenvalue weighted by atomic mass is 10.1. The Kier molecular flexibility index (Phi) is 7.49. The molecule has 0 fully saturated rings. The van der Waals surface area contributed by atoms with Gasteiger partial charge in [0.05, 0.1) is 37.7 Å². The van der Waals surface area contributed by atoms with Crippen LogP contribution >= 0.6 is 0 Å². The van der Waals surface area contributed by atoms with Crippen LogP contribution in [0.1, 0.15) is 35.9 Å². The Bertz CT molecular complexity index is 947. The number of aromatic amines is 1. The summed E-state index contributed by atoms with van der Waals surface area (Å²) in [6.45, 7) is 2.11. The summed E-state index contributed by atoms with van der Waals surface area (Å²) in [4.78, 5) is 12.7. The van der Waals surface area contributed by atoms with Gasteiger partial charge in [-0.2, -0.15) is 5.10 Å². The number of aryl methyl sites for hydroxylation is 3. The molecule has 0 unspecified atom stereocenters. The Morgan fingerprint density at radius 1 is 0.900 bits per heavy atom. The van der Waals surface area contributed by atoms with Gasteiger partial charge in [0, 0.05) is 0 Å². The molecule has 0 aliphatic heterocycles. The summed E-state index contributed by atoms with van der Waals surface area (Å²) in [7, 11) is 3.29. The highest BCUT2D eigenvalue weighted by Gasteiger charge is 2.16. The first kappa shape index (κ1) is 21.4. The molecular weight excluding hydrogens is 378 g/mol. The summed E-state index contributed by atoms with van der Waals surface area (Å²) < 4.78 is 10.4. The Hall–Kier alpha value is -3.28. The molecule has 2 N–H and O–H groups in total. The minimum absolute atomic E-state index is 0.0513. The van der Waals surface area contributed by atoms with E-state index in [-0.39, 0.29) is 5.91 Å². The lowest BCUT2D eigenvalue weighted by Gasteiger charge is -2.09. The van der Waals surface area contributed by atoms with E-state index in [4.69, 9.17) is 9.47 Å². The van der Waals surface area contributed by atoms with Crippen LogP contribution in [-0.4, -0.2) is 30.3 Å². The van der Waals surface area contributed by atoms with E-state index in [1.807, 2.05) is 36.4 Å². The molecule has 3 aromatic rings. The van der Waals surface area contributed by atoms with Crippen LogP contribution in [0.2, 0.25) is 0 Å². The number of H-pyrrole nitrogens is 1. The third-order valence-corrected chi connectivity index (χ3v) is 5.01. The van der Waals surface area contributed by atoms with Crippen molar-refractivity contribution < 1.29 is 14.3 Å². The van der Waals surface area contributed by atoms with Crippen molar-refractivity contribution in [3.05, 3.63) is 71.0 Å².